The second kappa shape index (κ2) is 5.00. The van der Waals surface area contributed by atoms with Crippen molar-refractivity contribution in [2.75, 3.05) is 34.3 Å². The quantitative estimate of drug-likeness (QED) is 0.514. The van der Waals surface area contributed by atoms with Crippen LogP contribution in [0.2, 0.25) is 0 Å². The predicted molar refractivity (Wildman–Crippen MR) is 54.8 cm³/mol. The molecule has 1 fully saturated rings. The highest BCUT2D eigenvalue weighted by atomic mass is 16.5. The second-order valence-electron chi connectivity index (χ2n) is 3.52. The fraction of sp³-hybridized carbons (Fsp3) is 0.700. The Morgan fingerprint density at radius 3 is 2.43 bits per heavy atom. The van der Waals surface area contributed by atoms with Crippen LogP contribution in [0, 0.1) is 0 Å². The minimum atomic E-state index is -0.257. The largest absolute Gasteiger partial charge is 0.464 e. The van der Waals surface area contributed by atoms with Gasteiger partial charge in [-0.1, -0.05) is 0 Å². The fourth-order valence-corrected chi connectivity index (χ4v) is 1.66. The summed E-state index contributed by atoms with van der Waals surface area (Å²) in [6, 6.07) is 0. The first kappa shape index (κ1) is 11.0. The minimum absolute atomic E-state index is 0.257. The molecular weight excluding hydrogens is 180 g/mol. The molecule has 14 heavy (non-hydrogen) atoms. The highest BCUT2D eigenvalue weighted by Gasteiger charge is 2.18. The van der Waals surface area contributed by atoms with E-state index in [2.05, 4.69) is 17.3 Å². The number of carbonyl (C=O) groups is 1. The molecule has 1 rings (SSSR count). The van der Waals surface area contributed by atoms with Gasteiger partial charge in [-0.05, 0) is 25.5 Å². The van der Waals surface area contributed by atoms with Crippen molar-refractivity contribution in [2.45, 2.75) is 12.8 Å². The number of rotatable bonds is 2. The Bertz CT molecular complexity index is 239. The van der Waals surface area contributed by atoms with Crippen molar-refractivity contribution in [2.24, 2.45) is 0 Å². The van der Waals surface area contributed by atoms with Crippen LogP contribution in [0.15, 0.2) is 11.3 Å². The first-order valence-corrected chi connectivity index (χ1v) is 4.85. The van der Waals surface area contributed by atoms with Gasteiger partial charge in [-0.3, -0.25) is 0 Å². The molecule has 0 amide bonds. The molecular formula is C10H18N2O2. The first-order chi connectivity index (χ1) is 6.69. The summed E-state index contributed by atoms with van der Waals surface area (Å²) in [5.74, 6) is -0.257. The molecule has 1 heterocycles. The van der Waals surface area contributed by atoms with Crippen LogP contribution in [0.3, 0.4) is 0 Å². The Kier molecular flexibility index (Phi) is 3.95. The molecule has 0 aliphatic carbocycles. The van der Waals surface area contributed by atoms with Crippen molar-refractivity contribution in [3.05, 3.63) is 11.3 Å². The summed E-state index contributed by atoms with van der Waals surface area (Å²) in [5.41, 5.74) is 1.82. The molecule has 1 saturated heterocycles. The van der Waals surface area contributed by atoms with E-state index in [1.165, 1.54) is 12.7 Å². The highest BCUT2D eigenvalue weighted by Crippen LogP contribution is 2.18. The number of hydrogen-bond acceptors (Lipinski definition) is 4. The lowest BCUT2D eigenvalue weighted by Crippen LogP contribution is -2.30. The summed E-state index contributed by atoms with van der Waals surface area (Å²) < 4.78 is 4.71. The number of esters is 1. The van der Waals surface area contributed by atoms with Crippen molar-refractivity contribution in [3.63, 3.8) is 0 Å². The van der Waals surface area contributed by atoms with Crippen LogP contribution in [0.1, 0.15) is 12.8 Å². The zero-order valence-corrected chi connectivity index (χ0v) is 9.09. The maximum atomic E-state index is 11.4. The van der Waals surface area contributed by atoms with Crippen LogP contribution in [-0.2, 0) is 9.53 Å². The fourth-order valence-electron chi connectivity index (χ4n) is 1.66. The lowest BCUT2D eigenvalue weighted by Gasteiger charge is -2.25. The van der Waals surface area contributed by atoms with E-state index >= 15 is 0 Å². The first-order valence-electron chi connectivity index (χ1n) is 4.85. The molecule has 0 spiro atoms. The number of hydrogen-bond donors (Lipinski definition) is 1. The standard InChI is InChI=1S/C10H18N2O2/c1-11-9(10(13)14-3)8-4-6-12(2)7-5-8/h11H,4-7H2,1-3H3. The molecule has 0 atom stereocenters. The average Bonchev–Trinajstić information content (AvgIpc) is 2.21. The van der Waals surface area contributed by atoms with Crippen LogP contribution >= 0.6 is 0 Å². The number of likely N-dealkylation sites (N-methyl/N-ethyl adjacent to an activating group) is 1. The summed E-state index contributed by atoms with van der Waals surface area (Å²) in [4.78, 5) is 13.6. The van der Waals surface area contributed by atoms with E-state index in [1.807, 2.05) is 0 Å². The summed E-state index contributed by atoms with van der Waals surface area (Å²) in [7, 11) is 5.26. The van der Waals surface area contributed by atoms with Gasteiger partial charge < -0.3 is 15.0 Å². The Labute approximate surface area is 84.9 Å². The third-order valence-electron chi connectivity index (χ3n) is 2.58. The van der Waals surface area contributed by atoms with Crippen LogP contribution in [0.25, 0.3) is 0 Å². The number of carbonyl (C=O) groups excluding carboxylic acids is 1. The third-order valence-corrected chi connectivity index (χ3v) is 2.58. The van der Waals surface area contributed by atoms with Crippen molar-refractivity contribution < 1.29 is 9.53 Å². The van der Waals surface area contributed by atoms with E-state index in [9.17, 15) is 4.79 Å². The molecule has 0 radical (unpaired) electrons. The van der Waals surface area contributed by atoms with E-state index in [1.54, 1.807) is 7.05 Å². The molecule has 4 nitrogen and oxygen atoms in total. The highest BCUT2D eigenvalue weighted by molar-refractivity contribution is 5.88. The molecule has 0 aromatic carbocycles. The van der Waals surface area contributed by atoms with Crippen molar-refractivity contribution in [3.8, 4) is 0 Å². The van der Waals surface area contributed by atoms with Crippen molar-refractivity contribution in [1.82, 2.24) is 10.2 Å². The smallest absolute Gasteiger partial charge is 0.354 e. The maximum absolute atomic E-state index is 11.4. The van der Waals surface area contributed by atoms with E-state index in [0.717, 1.165) is 25.9 Å². The van der Waals surface area contributed by atoms with Gasteiger partial charge in [0.25, 0.3) is 0 Å². The van der Waals surface area contributed by atoms with Crippen LogP contribution in [0.4, 0.5) is 0 Å². The van der Waals surface area contributed by atoms with Gasteiger partial charge in [-0.2, -0.15) is 0 Å². The maximum Gasteiger partial charge on any atom is 0.354 e. The molecule has 0 aromatic heterocycles. The molecule has 0 unspecified atom stereocenters. The second-order valence-corrected chi connectivity index (χ2v) is 3.52. The van der Waals surface area contributed by atoms with Crippen LogP contribution < -0.4 is 5.32 Å². The molecule has 0 bridgehead atoms. The number of methoxy groups -OCH3 is 1. The zero-order valence-electron chi connectivity index (χ0n) is 9.09. The number of piperidine rings is 1. The summed E-state index contributed by atoms with van der Waals surface area (Å²) in [6.07, 6.45) is 1.89. The molecule has 4 heteroatoms. The Hall–Kier alpha value is -1.03. The molecule has 1 aliphatic heterocycles. The number of likely N-dealkylation sites (tertiary alicyclic amines) is 1. The lowest BCUT2D eigenvalue weighted by atomic mass is 10.0. The monoisotopic (exact) mass is 198 g/mol. The van der Waals surface area contributed by atoms with Gasteiger partial charge in [0, 0.05) is 20.1 Å². The Morgan fingerprint density at radius 1 is 1.43 bits per heavy atom. The van der Waals surface area contributed by atoms with Gasteiger partial charge >= 0.3 is 5.97 Å². The molecule has 0 saturated carbocycles. The SMILES string of the molecule is CNC(C(=O)OC)=C1CCN(C)CC1. The topological polar surface area (TPSA) is 41.6 Å². The van der Waals surface area contributed by atoms with Crippen LogP contribution in [0.5, 0.6) is 0 Å². The van der Waals surface area contributed by atoms with Gasteiger partial charge in [0.05, 0.1) is 7.11 Å². The summed E-state index contributed by atoms with van der Waals surface area (Å²) >= 11 is 0. The molecule has 1 N–H and O–H groups in total. The minimum Gasteiger partial charge on any atom is -0.464 e. The van der Waals surface area contributed by atoms with E-state index in [4.69, 9.17) is 4.74 Å². The van der Waals surface area contributed by atoms with E-state index in [0.29, 0.717) is 5.70 Å². The van der Waals surface area contributed by atoms with E-state index < -0.39 is 0 Å². The number of ether oxygens (including phenoxy) is 1. The third kappa shape index (κ3) is 2.48. The van der Waals surface area contributed by atoms with Gasteiger partial charge in [-0.25, -0.2) is 4.79 Å². The van der Waals surface area contributed by atoms with Gasteiger partial charge in [0.1, 0.15) is 5.70 Å². The zero-order chi connectivity index (χ0) is 10.6. The summed E-state index contributed by atoms with van der Waals surface area (Å²) in [5, 5.41) is 2.92. The Morgan fingerprint density at radius 2 is 2.00 bits per heavy atom. The van der Waals surface area contributed by atoms with Crippen molar-refractivity contribution >= 4 is 5.97 Å². The molecule has 80 valence electrons. The number of nitrogens with one attached hydrogen (secondary N) is 1. The Balaban J connectivity index is 2.74. The van der Waals surface area contributed by atoms with Crippen LogP contribution in [-0.4, -0.2) is 45.2 Å². The van der Waals surface area contributed by atoms with Gasteiger partial charge in [-0.15, -0.1) is 0 Å². The normalized spacial score (nSPS) is 17.8. The lowest BCUT2D eigenvalue weighted by molar-refractivity contribution is -0.136. The van der Waals surface area contributed by atoms with Gasteiger partial charge in [0.15, 0.2) is 0 Å². The van der Waals surface area contributed by atoms with E-state index in [-0.39, 0.29) is 5.97 Å². The van der Waals surface area contributed by atoms with Crippen molar-refractivity contribution in [1.29, 1.82) is 0 Å². The molecule has 1 aliphatic rings. The summed E-state index contributed by atoms with van der Waals surface area (Å²) in [6.45, 7) is 2.02. The van der Waals surface area contributed by atoms with Gasteiger partial charge in [0.2, 0.25) is 0 Å². The number of nitrogens with zero attached hydrogens (tertiary/aromatic N) is 1. The molecule has 0 aromatic rings. The predicted octanol–water partition coefficient (Wildman–Crippen LogP) is 0.359. The average molecular weight is 198 g/mol.